The van der Waals surface area contributed by atoms with Gasteiger partial charge in [-0.1, -0.05) is 0 Å². The Balaban J connectivity index is 2.58. The summed E-state index contributed by atoms with van der Waals surface area (Å²) in [6.45, 7) is 5.95. The van der Waals surface area contributed by atoms with Crippen LogP contribution in [-0.4, -0.2) is 37.5 Å². The number of carbonyl (C=O) groups excluding carboxylic acids is 1. The molecule has 0 amide bonds. The van der Waals surface area contributed by atoms with Crippen LogP contribution >= 0.6 is 11.8 Å². The second-order valence-electron chi connectivity index (χ2n) is 5.40. The summed E-state index contributed by atoms with van der Waals surface area (Å²) < 4.78 is 10.1. The molecular formula is C16H25NO3S. The lowest BCUT2D eigenvalue weighted by atomic mass is 9.98. The van der Waals surface area contributed by atoms with E-state index in [0.29, 0.717) is 6.42 Å². The van der Waals surface area contributed by atoms with E-state index < -0.39 is 5.54 Å². The molecule has 4 nitrogen and oxygen atoms in total. The molecule has 1 N–H and O–H groups in total. The first-order chi connectivity index (χ1) is 9.91. The van der Waals surface area contributed by atoms with Crippen molar-refractivity contribution in [3.8, 4) is 5.75 Å². The molecule has 0 aromatic heterocycles. The largest absolute Gasteiger partial charge is 0.497 e. The molecule has 0 saturated heterocycles. The van der Waals surface area contributed by atoms with Gasteiger partial charge in [-0.15, -0.1) is 11.8 Å². The number of hydrogen-bond donors (Lipinski definition) is 1. The van der Waals surface area contributed by atoms with Gasteiger partial charge in [-0.3, -0.25) is 10.1 Å². The maximum Gasteiger partial charge on any atom is 0.325 e. The van der Waals surface area contributed by atoms with Crippen LogP contribution in [0.5, 0.6) is 5.75 Å². The molecule has 0 aliphatic rings. The SMILES string of the molecule is COC(=O)C(C)(CCSc1ccc(OC)cc1)NC(C)C. The van der Waals surface area contributed by atoms with E-state index >= 15 is 0 Å². The summed E-state index contributed by atoms with van der Waals surface area (Å²) in [5, 5.41) is 3.30. The van der Waals surface area contributed by atoms with Crippen LogP contribution in [0.25, 0.3) is 0 Å². The molecule has 0 heterocycles. The molecule has 1 aromatic carbocycles. The average molecular weight is 311 g/mol. The van der Waals surface area contributed by atoms with E-state index in [2.05, 4.69) is 5.32 Å². The van der Waals surface area contributed by atoms with Crippen molar-refractivity contribution in [3.63, 3.8) is 0 Å². The number of ether oxygens (including phenoxy) is 2. The highest BCUT2D eigenvalue weighted by Crippen LogP contribution is 2.25. The molecule has 118 valence electrons. The summed E-state index contributed by atoms with van der Waals surface area (Å²) in [5.74, 6) is 1.46. The lowest BCUT2D eigenvalue weighted by Gasteiger charge is -2.30. The predicted molar refractivity (Wildman–Crippen MR) is 87.0 cm³/mol. The van der Waals surface area contributed by atoms with E-state index in [0.717, 1.165) is 16.4 Å². The van der Waals surface area contributed by atoms with Gasteiger partial charge in [-0.25, -0.2) is 0 Å². The van der Waals surface area contributed by atoms with Crippen molar-refractivity contribution >= 4 is 17.7 Å². The molecule has 5 heteroatoms. The van der Waals surface area contributed by atoms with Gasteiger partial charge in [-0.2, -0.15) is 0 Å². The molecule has 1 rings (SSSR count). The molecule has 0 aliphatic heterocycles. The van der Waals surface area contributed by atoms with Gasteiger partial charge in [0.05, 0.1) is 14.2 Å². The Kier molecular flexibility index (Phi) is 7.05. The van der Waals surface area contributed by atoms with Gasteiger partial charge >= 0.3 is 5.97 Å². The van der Waals surface area contributed by atoms with Gasteiger partial charge in [0.15, 0.2) is 0 Å². The first-order valence-corrected chi connectivity index (χ1v) is 8.03. The molecule has 21 heavy (non-hydrogen) atoms. The van der Waals surface area contributed by atoms with Crippen molar-refractivity contribution < 1.29 is 14.3 Å². The Morgan fingerprint density at radius 1 is 1.29 bits per heavy atom. The molecule has 0 spiro atoms. The van der Waals surface area contributed by atoms with Crippen molar-refractivity contribution in [1.82, 2.24) is 5.32 Å². The minimum absolute atomic E-state index is 0.216. The maximum absolute atomic E-state index is 12.0. The Hall–Kier alpha value is -1.20. The molecule has 0 fully saturated rings. The fourth-order valence-electron chi connectivity index (χ4n) is 2.14. The monoisotopic (exact) mass is 311 g/mol. The molecule has 0 radical (unpaired) electrons. The Labute approximate surface area is 131 Å². The number of benzene rings is 1. The first-order valence-electron chi connectivity index (χ1n) is 7.04. The highest BCUT2D eigenvalue weighted by Gasteiger charge is 2.34. The van der Waals surface area contributed by atoms with Gasteiger partial charge < -0.3 is 9.47 Å². The van der Waals surface area contributed by atoms with Gasteiger partial charge in [0.25, 0.3) is 0 Å². The fourth-order valence-corrected chi connectivity index (χ4v) is 3.22. The van der Waals surface area contributed by atoms with Crippen LogP contribution < -0.4 is 10.1 Å². The van der Waals surface area contributed by atoms with Gasteiger partial charge in [-0.05, 0) is 51.5 Å². The van der Waals surface area contributed by atoms with Crippen LogP contribution in [0.15, 0.2) is 29.2 Å². The van der Waals surface area contributed by atoms with E-state index in [1.165, 1.54) is 7.11 Å². The summed E-state index contributed by atoms with van der Waals surface area (Å²) in [4.78, 5) is 13.1. The lowest BCUT2D eigenvalue weighted by molar-refractivity contribution is -0.148. The molecule has 0 saturated carbocycles. The molecule has 1 unspecified atom stereocenters. The third kappa shape index (κ3) is 5.59. The van der Waals surface area contributed by atoms with E-state index in [1.807, 2.05) is 45.0 Å². The van der Waals surface area contributed by atoms with Crippen LogP contribution in [0.4, 0.5) is 0 Å². The summed E-state index contributed by atoms with van der Waals surface area (Å²) in [6.07, 6.45) is 0.703. The van der Waals surface area contributed by atoms with Crippen molar-refractivity contribution in [3.05, 3.63) is 24.3 Å². The van der Waals surface area contributed by atoms with Crippen molar-refractivity contribution in [2.24, 2.45) is 0 Å². The molecule has 1 atom stereocenters. The van der Waals surface area contributed by atoms with E-state index in [1.54, 1.807) is 18.9 Å². The Morgan fingerprint density at radius 2 is 1.90 bits per heavy atom. The summed E-state index contributed by atoms with van der Waals surface area (Å²) in [6, 6.07) is 8.15. The summed E-state index contributed by atoms with van der Waals surface area (Å²) in [7, 11) is 3.08. The van der Waals surface area contributed by atoms with E-state index in [-0.39, 0.29) is 12.0 Å². The normalized spacial score (nSPS) is 13.8. The average Bonchev–Trinajstić information content (AvgIpc) is 2.46. The van der Waals surface area contributed by atoms with Crippen molar-refractivity contribution in [2.75, 3.05) is 20.0 Å². The number of carbonyl (C=O) groups is 1. The number of thioether (sulfide) groups is 1. The van der Waals surface area contributed by atoms with Crippen LogP contribution in [0.1, 0.15) is 27.2 Å². The maximum atomic E-state index is 12.0. The Morgan fingerprint density at radius 3 is 2.38 bits per heavy atom. The second-order valence-corrected chi connectivity index (χ2v) is 6.57. The number of methoxy groups -OCH3 is 2. The zero-order valence-corrected chi connectivity index (χ0v) is 14.3. The zero-order chi connectivity index (χ0) is 15.9. The zero-order valence-electron chi connectivity index (χ0n) is 13.4. The van der Waals surface area contributed by atoms with Crippen LogP contribution in [0.2, 0.25) is 0 Å². The lowest BCUT2D eigenvalue weighted by Crippen LogP contribution is -2.53. The smallest absolute Gasteiger partial charge is 0.325 e. The highest BCUT2D eigenvalue weighted by molar-refractivity contribution is 7.99. The van der Waals surface area contributed by atoms with Gasteiger partial charge in [0.1, 0.15) is 11.3 Å². The van der Waals surface area contributed by atoms with Crippen molar-refractivity contribution in [1.29, 1.82) is 0 Å². The van der Waals surface area contributed by atoms with E-state index in [9.17, 15) is 4.79 Å². The molecule has 0 aliphatic carbocycles. The molecule has 0 bridgehead atoms. The predicted octanol–water partition coefficient (Wildman–Crippen LogP) is 3.11. The standard InChI is InChI=1S/C16H25NO3S/c1-12(2)17-16(3,15(18)20-5)10-11-21-14-8-6-13(19-4)7-9-14/h6-9,12,17H,10-11H2,1-5H3. The van der Waals surface area contributed by atoms with E-state index in [4.69, 9.17) is 9.47 Å². The molecular weight excluding hydrogens is 286 g/mol. The topological polar surface area (TPSA) is 47.6 Å². The van der Waals surface area contributed by atoms with Crippen molar-refractivity contribution in [2.45, 2.75) is 43.7 Å². The third-order valence-electron chi connectivity index (χ3n) is 3.17. The number of rotatable bonds is 8. The van der Waals surface area contributed by atoms with Crippen LogP contribution in [0, 0.1) is 0 Å². The first kappa shape index (κ1) is 17.9. The summed E-state index contributed by atoms with van der Waals surface area (Å²) in [5.41, 5.74) is -0.650. The number of esters is 1. The third-order valence-corrected chi connectivity index (χ3v) is 4.19. The van der Waals surface area contributed by atoms with Crippen LogP contribution in [0.3, 0.4) is 0 Å². The number of hydrogen-bond acceptors (Lipinski definition) is 5. The number of nitrogens with one attached hydrogen (secondary N) is 1. The quantitative estimate of drug-likeness (QED) is 0.590. The van der Waals surface area contributed by atoms with Gasteiger partial charge in [0, 0.05) is 16.7 Å². The van der Waals surface area contributed by atoms with Crippen LogP contribution in [-0.2, 0) is 9.53 Å². The molecule has 1 aromatic rings. The highest BCUT2D eigenvalue weighted by atomic mass is 32.2. The second kappa shape index (κ2) is 8.29. The minimum atomic E-state index is -0.650. The summed E-state index contributed by atoms with van der Waals surface area (Å²) >= 11 is 1.72. The fraction of sp³-hybridized carbons (Fsp3) is 0.562. The van der Waals surface area contributed by atoms with Gasteiger partial charge in [0.2, 0.25) is 0 Å². The Bertz CT molecular complexity index is 447. The minimum Gasteiger partial charge on any atom is -0.497 e.